The lowest BCUT2D eigenvalue weighted by molar-refractivity contribution is 0.317. The third kappa shape index (κ3) is 5.23. The average molecular weight is 338 g/mol. The molecule has 0 aliphatic rings. The highest BCUT2D eigenvalue weighted by atomic mass is 79.9. The lowest BCUT2D eigenvalue weighted by Crippen LogP contribution is -1.91. The SMILES string of the molecule is C=CC.CCOc1cc(Br)cc(Br)c1O. The summed E-state index contributed by atoms with van der Waals surface area (Å²) in [7, 11) is 0. The fraction of sp³-hybridized carbons (Fsp3) is 0.273. The Morgan fingerprint density at radius 1 is 1.47 bits per heavy atom. The van der Waals surface area contributed by atoms with E-state index in [1.54, 1.807) is 18.2 Å². The van der Waals surface area contributed by atoms with Gasteiger partial charge in [-0.3, -0.25) is 0 Å². The van der Waals surface area contributed by atoms with Crippen LogP contribution in [0.2, 0.25) is 0 Å². The number of rotatable bonds is 2. The number of benzene rings is 1. The van der Waals surface area contributed by atoms with Crippen molar-refractivity contribution >= 4 is 31.9 Å². The smallest absolute Gasteiger partial charge is 0.172 e. The fourth-order valence-corrected chi connectivity index (χ4v) is 1.99. The van der Waals surface area contributed by atoms with Crippen molar-refractivity contribution in [3.8, 4) is 11.5 Å². The Morgan fingerprint density at radius 3 is 2.47 bits per heavy atom. The first-order chi connectivity index (χ1) is 7.06. The summed E-state index contributed by atoms with van der Waals surface area (Å²) >= 11 is 6.50. The number of halogens is 2. The molecular formula is C11H14Br2O2. The van der Waals surface area contributed by atoms with E-state index < -0.39 is 0 Å². The van der Waals surface area contributed by atoms with Crippen molar-refractivity contribution in [2.75, 3.05) is 6.61 Å². The zero-order chi connectivity index (χ0) is 11.8. The highest BCUT2D eigenvalue weighted by molar-refractivity contribution is 9.11. The second-order valence-corrected chi connectivity index (χ2v) is 4.35. The van der Waals surface area contributed by atoms with E-state index in [-0.39, 0.29) is 5.75 Å². The molecule has 0 fully saturated rings. The molecule has 0 aliphatic carbocycles. The molecule has 0 atom stereocenters. The van der Waals surface area contributed by atoms with Crippen LogP contribution in [-0.2, 0) is 0 Å². The molecule has 0 aromatic heterocycles. The van der Waals surface area contributed by atoms with Crippen molar-refractivity contribution in [3.05, 3.63) is 33.7 Å². The zero-order valence-corrected chi connectivity index (χ0v) is 11.9. The largest absolute Gasteiger partial charge is 0.503 e. The van der Waals surface area contributed by atoms with Crippen LogP contribution in [0.1, 0.15) is 13.8 Å². The van der Waals surface area contributed by atoms with E-state index in [1.165, 1.54) is 0 Å². The first kappa shape index (κ1) is 14.5. The molecule has 0 spiro atoms. The Morgan fingerprint density at radius 2 is 2.00 bits per heavy atom. The number of hydrogen-bond donors (Lipinski definition) is 1. The van der Waals surface area contributed by atoms with E-state index in [0.29, 0.717) is 16.8 Å². The van der Waals surface area contributed by atoms with Crippen molar-refractivity contribution in [1.82, 2.24) is 0 Å². The summed E-state index contributed by atoms with van der Waals surface area (Å²) in [5.41, 5.74) is 0. The van der Waals surface area contributed by atoms with Crippen LogP contribution in [0.15, 0.2) is 33.7 Å². The maximum absolute atomic E-state index is 9.46. The molecule has 15 heavy (non-hydrogen) atoms. The van der Waals surface area contributed by atoms with E-state index in [1.807, 2.05) is 13.8 Å². The van der Waals surface area contributed by atoms with Crippen molar-refractivity contribution in [2.24, 2.45) is 0 Å². The molecule has 1 N–H and O–H groups in total. The van der Waals surface area contributed by atoms with Gasteiger partial charge in [-0.05, 0) is 41.9 Å². The maximum atomic E-state index is 9.46. The van der Waals surface area contributed by atoms with Gasteiger partial charge in [-0.25, -0.2) is 0 Å². The van der Waals surface area contributed by atoms with Crippen LogP contribution in [0.25, 0.3) is 0 Å². The number of hydrogen-bond acceptors (Lipinski definition) is 2. The van der Waals surface area contributed by atoms with Crippen LogP contribution >= 0.6 is 31.9 Å². The summed E-state index contributed by atoms with van der Waals surface area (Å²) < 4.78 is 6.68. The van der Waals surface area contributed by atoms with Gasteiger partial charge < -0.3 is 9.84 Å². The van der Waals surface area contributed by atoms with Crippen LogP contribution < -0.4 is 4.74 Å². The van der Waals surface area contributed by atoms with E-state index in [4.69, 9.17) is 4.74 Å². The van der Waals surface area contributed by atoms with Gasteiger partial charge in [0.2, 0.25) is 0 Å². The highest BCUT2D eigenvalue weighted by Crippen LogP contribution is 2.36. The molecule has 0 heterocycles. The average Bonchev–Trinajstić information content (AvgIpc) is 2.15. The number of allylic oxidation sites excluding steroid dienone is 1. The minimum atomic E-state index is 0.139. The second-order valence-electron chi connectivity index (χ2n) is 2.58. The summed E-state index contributed by atoms with van der Waals surface area (Å²) in [6, 6.07) is 3.49. The van der Waals surface area contributed by atoms with Gasteiger partial charge in [0.1, 0.15) is 0 Å². The van der Waals surface area contributed by atoms with Gasteiger partial charge in [0.05, 0.1) is 11.1 Å². The maximum Gasteiger partial charge on any atom is 0.172 e. The topological polar surface area (TPSA) is 29.5 Å². The summed E-state index contributed by atoms with van der Waals surface area (Å²) in [6.45, 7) is 7.66. The van der Waals surface area contributed by atoms with Crippen molar-refractivity contribution < 1.29 is 9.84 Å². The summed E-state index contributed by atoms with van der Waals surface area (Å²) in [5, 5.41) is 9.46. The monoisotopic (exact) mass is 336 g/mol. The van der Waals surface area contributed by atoms with Crippen molar-refractivity contribution in [1.29, 1.82) is 0 Å². The molecule has 0 aliphatic heterocycles. The molecule has 2 nitrogen and oxygen atoms in total. The molecule has 1 rings (SSSR count). The minimum Gasteiger partial charge on any atom is -0.503 e. The Balaban J connectivity index is 0.000000583. The number of phenolic OH excluding ortho intramolecular Hbond substituents is 1. The quantitative estimate of drug-likeness (QED) is 0.804. The number of phenols is 1. The third-order valence-corrected chi connectivity index (χ3v) is 2.36. The summed E-state index contributed by atoms with van der Waals surface area (Å²) in [5.74, 6) is 0.624. The fourth-order valence-electron chi connectivity index (χ4n) is 0.808. The molecule has 1 aromatic rings. The first-order valence-corrected chi connectivity index (χ1v) is 6.03. The number of ether oxygens (including phenoxy) is 1. The van der Waals surface area contributed by atoms with Crippen LogP contribution in [0, 0.1) is 0 Å². The molecule has 0 amide bonds. The predicted molar refractivity (Wildman–Crippen MR) is 70.5 cm³/mol. The second kappa shape index (κ2) is 7.77. The molecule has 0 unspecified atom stereocenters. The van der Waals surface area contributed by atoms with E-state index in [2.05, 4.69) is 38.4 Å². The Bertz CT molecular complexity index is 325. The van der Waals surface area contributed by atoms with Gasteiger partial charge in [-0.2, -0.15) is 0 Å². The molecule has 4 heteroatoms. The molecular weight excluding hydrogens is 324 g/mol. The van der Waals surface area contributed by atoms with Crippen LogP contribution in [-0.4, -0.2) is 11.7 Å². The van der Waals surface area contributed by atoms with Gasteiger partial charge in [-0.1, -0.05) is 22.0 Å². The van der Waals surface area contributed by atoms with Gasteiger partial charge in [0.25, 0.3) is 0 Å². The van der Waals surface area contributed by atoms with Gasteiger partial charge in [0, 0.05) is 4.47 Å². The molecule has 0 bridgehead atoms. The van der Waals surface area contributed by atoms with Crippen LogP contribution in [0.3, 0.4) is 0 Å². The molecule has 0 saturated carbocycles. The minimum absolute atomic E-state index is 0.139. The standard InChI is InChI=1S/C8H8Br2O2.C3H6/c1-2-12-7-4-5(9)3-6(10)8(7)11;1-3-2/h3-4,11H,2H2,1H3;3H,1H2,2H3. The predicted octanol–water partition coefficient (Wildman–Crippen LogP) is 4.51. The summed E-state index contributed by atoms with van der Waals surface area (Å²) in [4.78, 5) is 0. The van der Waals surface area contributed by atoms with Crippen molar-refractivity contribution in [3.63, 3.8) is 0 Å². The normalized spacial score (nSPS) is 8.80. The molecule has 0 saturated heterocycles. The van der Waals surface area contributed by atoms with Crippen LogP contribution in [0.5, 0.6) is 11.5 Å². The molecule has 1 aromatic carbocycles. The van der Waals surface area contributed by atoms with E-state index in [9.17, 15) is 5.11 Å². The summed E-state index contributed by atoms with van der Waals surface area (Å²) in [6.07, 6.45) is 1.75. The number of aromatic hydroxyl groups is 1. The zero-order valence-electron chi connectivity index (χ0n) is 8.76. The first-order valence-electron chi connectivity index (χ1n) is 4.44. The van der Waals surface area contributed by atoms with Gasteiger partial charge >= 0.3 is 0 Å². The Kier molecular flexibility index (Phi) is 7.52. The Hall–Kier alpha value is -0.480. The highest BCUT2D eigenvalue weighted by Gasteiger charge is 2.07. The van der Waals surface area contributed by atoms with E-state index in [0.717, 1.165) is 4.47 Å². The lowest BCUT2D eigenvalue weighted by atomic mass is 10.3. The Labute approximate surface area is 107 Å². The molecule has 84 valence electrons. The van der Waals surface area contributed by atoms with Gasteiger partial charge in [-0.15, -0.1) is 6.58 Å². The molecule has 0 radical (unpaired) electrons. The van der Waals surface area contributed by atoms with Crippen molar-refractivity contribution in [2.45, 2.75) is 13.8 Å². The van der Waals surface area contributed by atoms with Gasteiger partial charge in [0.15, 0.2) is 11.5 Å². The van der Waals surface area contributed by atoms with E-state index >= 15 is 0 Å². The third-order valence-electron chi connectivity index (χ3n) is 1.29. The lowest BCUT2D eigenvalue weighted by Gasteiger charge is -2.07. The van der Waals surface area contributed by atoms with Crippen LogP contribution in [0.4, 0.5) is 0 Å².